The van der Waals surface area contributed by atoms with Gasteiger partial charge in [-0.15, -0.1) is 11.6 Å². The molecule has 0 bridgehead atoms. The van der Waals surface area contributed by atoms with Crippen LogP contribution in [0, 0.1) is 0 Å². The number of ether oxygens (including phenoxy) is 1. The Bertz CT molecular complexity index is 221. The maximum absolute atomic E-state index is 5.95. The normalized spacial score (nSPS) is 15.6. The van der Waals surface area contributed by atoms with E-state index in [0.717, 1.165) is 5.56 Å². The minimum atomic E-state index is -0.00660. The number of hydrogen-bond acceptors (Lipinski definition) is 1. The van der Waals surface area contributed by atoms with Crippen LogP contribution in [-0.2, 0) is 4.74 Å². The van der Waals surface area contributed by atoms with E-state index < -0.39 is 0 Å². The van der Waals surface area contributed by atoms with Crippen molar-refractivity contribution in [2.45, 2.75) is 18.4 Å². The van der Waals surface area contributed by atoms with E-state index in [2.05, 4.69) is 0 Å². The lowest BCUT2D eigenvalue weighted by Gasteiger charge is -2.17. The molecule has 2 unspecified atom stereocenters. The van der Waals surface area contributed by atoms with Gasteiger partial charge in [0.2, 0.25) is 0 Å². The van der Waals surface area contributed by atoms with Crippen LogP contribution in [0.4, 0.5) is 0 Å². The average Bonchev–Trinajstić information content (AvgIpc) is 2.07. The molecule has 2 atom stereocenters. The van der Waals surface area contributed by atoms with Crippen molar-refractivity contribution in [3.05, 3.63) is 35.9 Å². The molecule has 2 heteroatoms. The Labute approximate surface area is 78.3 Å². The lowest BCUT2D eigenvalue weighted by molar-refractivity contribution is 0.103. The number of methoxy groups -OCH3 is 1. The zero-order valence-corrected chi connectivity index (χ0v) is 8.08. The molecule has 0 aliphatic carbocycles. The zero-order valence-electron chi connectivity index (χ0n) is 7.33. The van der Waals surface area contributed by atoms with Crippen molar-refractivity contribution in [1.29, 1.82) is 0 Å². The molecule has 1 aromatic rings. The van der Waals surface area contributed by atoms with Gasteiger partial charge in [0.25, 0.3) is 0 Å². The summed E-state index contributed by atoms with van der Waals surface area (Å²) in [6, 6.07) is 10.00. The fraction of sp³-hybridized carbons (Fsp3) is 0.400. The SMILES string of the molecule is COC(c1ccccc1)C(C)Cl. The highest BCUT2D eigenvalue weighted by Crippen LogP contribution is 2.23. The minimum Gasteiger partial charge on any atom is -0.375 e. The second-order valence-corrected chi connectivity index (χ2v) is 3.43. The summed E-state index contributed by atoms with van der Waals surface area (Å²) in [6.07, 6.45) is -0.00660. The third-order valence-electron chi connectivity index (χ3n) is 1.80. The van der Waals surface area contributed by atoms with Crippen LogP contribution < -0.4 is 0 Å². The summed E-state index contributed by atoms with van der Waals surface area (Å²) >= 11 is 5.95. The van der Waals surface area contributed by atoms with Crippen LogP contribution in [0.2, 0.25) is 0 Å². The summed E-state index contributed by atoms with van der Waals surface area (Å²) in [5, 5.41) is -0.00241. The molecule has 0 fully saturated rings. The van der Waals surface area contributed by atoms with E-state index in [1.54, 1.807) is 7.11 Å². The molecular formula is C10H13ClO. The Morgan fingerprint density at radius 1 is 1.25 bits per heavy atom. The first-order chi connectivity index (χ1) is 5.75. The van der Waals surface area contributed by atoms with Crippen LogP contribution in [0.3, 0.4) is 0 Å². The Morgan fingerprint density at radius 3 is 2.25 bits per heavy atom. The van der Waals surface area contributed by atoms with Crippen molar-refractivity contribution in [1.82, 2.24) is 0 Å². The summed E-state index contributed by atoms with van der Waals surface area (Å²) in [5.74, 6) is 0. The molecule has 0 N–H and O–H groups in total. The summed E-state index contributed by atoms with van der Waals surface area (Å²) < 4.78 is 5.27. The van der Waals surface area contributed by atoms with Crippen LogP contribution in [0.1, 0.15) is 18.6 Å². The van der Waals surface area contributed by atoms with Crippen molar-refractivity contribution < 1.29 is 4.74 Å². The number of benzene rings is 1. The number of hydrogen-bond donors (Lipinski definition) is 0. The van der Waals surface area contributed by atoms with E-state index >= 15 is 0 Å². The maximum atomic E-state index is 5.95. The van der Waals surface area contributed by atoms with E-state index in [4.69, 9.17) is 16.3 Å². The van der Waals surface area contributed by atoms with Gasteiger partial charge >= 0.3 is 0 Å². The van der Waals surface area contributed by atoms with Gasteiger partial charge in [-0.3, -0.25) is 0 Å². The molecule has 1 nitrogen and oxygen atoms in total. The van der Waals surface area contributed by atoms with Gasteiger partial charge in [0, 0.05) is 7.11 Å². The second-order valence-electron chi connectivity index (χ2n) is 2.74. The Kier molecular flexibility index (Phi) is 3.57. The highest BCUT2D eigenvalue weighted by molar-refractivity contribution is 6.20. The third-order valence-corrected chi connectivity index (χ3v) is 2.03. The van der Waals surface area contributed by atoms with Crippen LogP contribution in [0.5, 0.6) is 0 Å². The van der Waals surface area contributed by atoms with E-state index in [0.29, 0.717) is 0 Å². The number of alkyl halides is 1. The van der Waals surface area contributed by atoms with E-state index in [-0.39, 0.29) is 11.5 Å². The minimum absolute atomic E-state index is 0.00241. The average molecular weight is 185 g/mol. The fourth-order valence-electron chi connectivity index (χ4n) is 1.23. The maximum Gasteiger partial charge on any atom is 0.0981 e. The topological polar surface area (TPSA) is 9.23 Å². The molecule has 0 aliphatic heterocycles. The number of halogens is 1. The van der Waals surface area contributed by atoms with Crippen molar-refractivity contribution in [3.63, 3.8) is 0 Å². The van der Waals surface area contributed by atoms with Gasteiger partial charge in [0.15, 0.2) is 0 Å². The van der Waals surface area contributed by atoms with Crippen molar-refractivity contribution >= 4 is 11.6 Å². The van der Waals surface area contributed by atoms with Crippen molar-refractivity contribution in [2.75, 3.05) is 7.11 Å². The molecule has 1 rings (SSSR count). The highest BCUT2D eigenvalue weighted by Gasteiger charge is 2.15. The zero-order chi connectivity index (χ0) is 8.97. The molecule has 0 aliphatic rings. The lowest BCUT2D eigenvalue weighted by Crippen LogP contribution is -2.11. The second kappa shape index (κ2) is 4.48. The highest BCUT2D eigenvalue weighted by atomic mass is 35.5. The van der Waals surface area contributed by atoms with Crippen molar-refractivity contribution in [3.8, 4) is 0 Å². The molecular weight excluding hydrogens is 172 g/mol. The van der Waals surface area contributed by atoms with Gasteiger partial charge in [0.1, 0.15) is 0 Å². The predicted molar refractivity (Wildman–Crippen MR) is 51.5 cm³/mol. The monoisotopic (exact) mass is 184 g/mol. The fourth-order valence-corrected chi connectivity index (χ4v) is 1.48. The Hall–Kier alpha value is -0.530. The quantitative estimate of drug-likeness (QED) is 0.657. The largest absolute Gasteiger partial charge is 0.375 e. The summed E-state index contributed by atoms with van der Waals surface area (Å²) in [7, 11) is 1.68. The van der Waals surface area contributed by atoms with E-state index in [1.807, 2.05) is 37.3 Å². The van der Waals surface area contributed by atoms with Crippen LogP contribution >= 0.6 is 11.6 Å². The predicted octanol–water partition coefficient (Wildman–Crippen LogP) is 3.00. The standard InChI is InChI=1S/C10H13ClO/c1-8(11)10(12-2)9-6-4-3-5-7-9/h3-8,10H,1-2H3. The summed E-state index contributed by atoms with van der Waals surface area (Å²) in [5.41, 5.74) is 1.13. The molecule has 0 saturated heterocycles. The molecule has 0 amide bonds. The van der Waals surface area contributed by atoms with Crippen LogP contribution in [-0.4, -0.2) is 12.5 Å². The van der Waals surface area contributed by atoms with E-state index in [1.165, 1.54) is 0 Å². The summed E-state index contributed by atoms with van der Waals surface area (Å²) in [6.45, 7) is 1.93. The molecule has 12 heavy (non-hydrogen) atoms. The van der Waals surface area contributed by atoms with Gasteiger partial charge in [0.05, 0.1) is 11.5 Å². The molecule has 0 spiro atoms. The molecule has 0 radical (unpaired) electrons. The molecule has 1 aromatic carbocycles. The van der Waals surface area contributed by atoms with E-state index in [9.17, 15) is 0 Å². The van der Waals surface area contributed by atoms with Crippen LogP contribution in [0.15, 0.2) is 30.3 Å². The lowest BCUT2D eigenvalue weighted by atomic mass is 10.1. The third kappa shape index (κ3) is 2.23. The van der Waals surface area contributed by atoms with Crippen LogP contribution in [0.25, 0.3) is 0 Å². The molecule has 0 aromatic heterocycles. The Balaban J connectivity index is 2.80. The molecule has 66 valence electrons. The van der Waals surface area contributed by atoms with Crippen molar-refractivity contribution in [2.24, 2.45) is 0 Å². The van der Waals surface area contributed by atoms with Gasteiger partial charge < -0.3 is 4.74 Å². The number of rotatable bonds is 3. The first-order valence-corrected chi connectivity index (χ1v) is 4.41. The summed E-state index contributed by atoms with van der Waals surface area (Å²) in [4.78, 5) is 0. The first kappa shape index (κ1) is 9.56. The van der Waals surface area contributed by atoms with Gasteiger partial charge in [-0.2, -0.15) is 0 Å². The smallest absolute Gasteiger partial charge is 0.0981 e. The Morgan fingerprint density at radius 2 is 1.83 bits per heavy atom. The molecule has 0 heterocycles. The van der Waals surface area contributed by atoms with Gasteiger partial charge in [-0.05, 0) is 12.5 Å². The first-order valence-electron chi connectivity index (χ1n) is 3.97. The molecule has 0 saturated carbocycles. The van der Waals surface area contributed by atoms with Gasteiger partial charge in [-0.25, -0.2) is 0 Å². The van der Waals surface area contributed by atoms with Gasteiger partial charge in [-0.1, -0.05) is 30.3 Å².